The monoisotopic (exact) mass is 216 g/mol. The van der Waals surface area contributed by atoms with Crippen LogP contribution in [0.3, 0.4) is 0 Å². The zero-order chi connectivity index (χ0) is 12.0. The molecule has 0 fully saturated rings. The molecule has 1 heterocycles. The van der Waals surface area contributed by atoms with Crippen LogP contribution in [0.25, 0.3) is 10.4 Å². The van der Waals surface area contributed by atoms with E-state index in [9.17, 15) is 0 Å². The number of nitrogen functional groups attached to an aromatic ring is 2. The lowest BCUT2D eigenvalue weighted by atomic mass is 10.2. The summed E-state index contributed by atoms with van der Waals surface area (Å²) in [5, 5.41) is 3.37. The van der Waals surface area contributed by atoms with Gasteiger partial charge < -0.3 is 11.5 Å². The first kappa shape index (κ1) is 11.7. The van der Waals surface area contributed by atoms with Crippen LogP contribution < -0.4 is 11.5 Å². The normalized spacial score (nSPS) is 8.81. The zero-order valence-corrected chi connectivity index (χ0v) is 8.94. The molecule has 1 aromatic heterocycles. The third-order valence-electron chi connectivity index (χ3n) is 1.90. The van der Waals surface area contributed by atoms with E-state index in [0.29, 0.717) is 24.5 Å². The Kier molecular flexibility index (Phi) is 4.01. The van der Waals surface area contributed by atoms with Gasteiger partial charge in [0.1, 0.15) is 5.82 Å². The lowest BCUT2D eigenvalue weighted by Gasteiger charge is -2.02. The standard InChI is InChI=1S/C10H12N6/c1-7-8(4-2-3-5-14-16-13)6-9(11)10(12)15-7/h6H,3,5,11H2,1H3,(H2,12,15). The van der Waals surface area contributed by atoms with Gasteiger partial charge in [-0.2, -0.15) is 0 Å². The van der Waals surface area contributed by atoms with E-state index in [0.717, 1.165) is 11.3 Å². The summed E-state index contributed by atoms with van der Waals surface area (Å²) in [6.07, 6.45) is 0.508. The van der Waals surface area contributed by atoms with Gasteiger partial charge in [-0.3, -0.25) is 0 Å². The predicted octanol–water partition coefficient (Wildman–Crippen LogP) is 1.61. The molecule has 0 bridgehead atoms. The zero-order valence-electron chi connectivity index (χ0n) is 8.94. The minimum absolute atomic E-state index is 0.317. The van der Waals surface area contributed by atoms with E-state index >= 15 is 0 Å². The van der Waals surface area contributed by atoms with Gasteiger partial charge in [-0.25, -0.2) is 4.98 Å². The van der Waals surface area contributed by atoms with Crippen molar-refractivity contribution in [3.8, 4) is 11.8 Å². The van der Waals surface area contributed by atoms with Crippen LogP contribution in [-0.2, 0) is 0 Å². The van der Waals surface area contributed by atoms with Crippen LogP contribution in [0.4, 0.5) is 11.5 Å². The number of rotatable bonds is 2. The Labute approximate surface area is 93.3 Å². The molecule has 0 aliphatic heterocycles. The second-order valence-corrected chi connectivity index (χ2v) is 3.10. The van der Waals surface area contributed by atoms with Gasteiger partial charge in [0.15, 0.2) is 0 Å². The lowest BCUT2D eigenvalue weighted by molar-refractivity contribution is 1.01. The van der Waals surface area contributed by atoms with Gasteiger partial charge in [-0.15, -0.1) is 0 Å². The molecule has 16 heavy (non-hydrogen) atoms. The number of nitrogens with two attached hydrogens (primary N) is 2. The minimum atomic E-state index is 0.317. The SMILES string of the molecule is Cc1nc(N)c(N)cc1C#CCCN=[N+]=[N-]. The summed E-state index contributed by atoms with van der Waals surface area (Å²) in [6, 6.07) is 1.69. The molecule has 0 spiro atoms. The molecule has 6 heteroatoms. The van der Waals surface area contributed by atoms with Crippen molar-refractivity contribution in [3.63, 3.8) is 0 Å². The van der Waals surface area contributed by atoms with E-state index < -0.39 is 0 Å². The smallest absolute Gasteiger partial charge is 0.146 e. The first-order valence-electron chi connectivity index (χ1n) is 4.67. The van der Waals surface area contributed by atoms with E-state index in [1.54, 1.807) is 6.07 Å². The number of nitrogens with zero attached hydrogens (tertiary/aromatic N) is 4. The molecule has 1 rings (SSSR count). The number of anilines is 2. The van der Waals surface area contributed by atoms with Crippen molar-refractivity contribution in [1.29, 1.82) is 0 Å². The molecule has 0 amide bonds. The third kappa shape index (κ3) is 3.08. The maximum atomic E-state index is 8.06. The summed E-state index contributed by atoms with van der Waals surface area (Å²) in [4.78, 5) is 6.69. The van der Waals surface area contributed by atoms with Crippen LogP contribution in [0, 0.1) is 18.8 Å². The highest BCUT2D eigenvalue weighted by Crippen LogP contribution is 2.15. The third-order valence-corrected chi connectivity index (χ3v) is 1.90. The van der Waals surface area contributed by atoms with Crippen LogP contribution in [0.1, 0.15) is 17.7 Å². The summed E-state index contributed by atoms with van der Waals surface area (Å²) in [6.45, 7) is 2.17. The summed E-state index contributed by atoms with van der Waals surface area (Å²) >= 11 is 0. The molecule has 4 N–H and O–H groups in total. The highest BCUT2D eigenvalue weighted by atomic mass is 15.1. The Hall–Kier alpha value is -2.38. The van der Waals surface area contributed by atoms with Crippen LogP contribution in [-0.4, -0.2) is 11.5 Å². The predicted molar refractivity (Wildman–Crippen MR) is 63.3 cm³/mol. The second kappa shape index (κ2) is 5.49. The largest absolute Gasteiger partial charge is 0.396 e. The first-order chi connectivity index (χ1) is 7.65. The number of pyridine rings is 1. The van der Waals surface area contributed by atoms with E-state index in [-0.39, 0.29) is 0 Å². The maximum absolute atomic E-state index is 8.06. The summed E-state index contributed by atoms with van der Waals surface area (Å²) in [5.74, 6) is 6.10. The summed E-state index contributed by atoms with van der Waals surface area (Å²) < 4.78 is 0. The maximum Gasteiger partial charge on any atom is 0.146 e. The summed E-state index contributed by atoms with van der Waals surface area (Å²) in [5.41, 5.74) is 21.1. The first-order valence-corrected chi connectivity index (χ1v) is 4.67. The average molecular weight is 216 g/mol. The number of hydrogen-bond donors (Lipinski definition) is 2. The number of azide groups is 1. The Balaban J connectivity index is 2.80. The lowest BCUT2D eigenvalue weighted by Crippen LogP contribution is -2.01. The van der Waals surface area contributed by atoms with Gasteiger partial charge in [0.25, 0.3) is 0 Å². The van der Waals surface area contributed by atoms with Crippen molar-refractivity contribution in [2.45, 2.75) is 13.3 Å². The molecule has 1 aromatic rings. The molecule has 0 aliphatic carbocycles. The van der Waals surface area contributed by atoms with Crippen molar-refractivity contribution in [2.24, 2.45) is 5.11 Å². The van der Waals surface area contributed by atoms with Gasteiger partial charge in [-0.1, -0.05) is 17.0 Å². The highest BCUT2D eigenvalue weighted by Gasteiger charge is 2.01. The number of hydrogen-bond acceptors (Lipinski definition) is 4. The van der Waals surface area contributed by atoms with Crippen LogP contribution in [0.5, 0.6) is 0 Å². The Morgan fingerprint density at radius 1 is 1.56 bits per heavy atom. The van der Waals surface area contributed by atoms with Crippen LogP contribution in [0.15, 0.2) is 11.2 Å². The second-order valence-electron chi connectivity index (χ2n) is 3.10. The molecular weight excluding hydrogens is 204 g/mol. The van der Waals surface area contributed by atoms with Gasteiger partial charge in [0, 0.05) is 23.4 Å². The molecule has 0 unspecified atom stereocenters. The van der Waals surface area contributed by atoms with E-state index in [1.807, 2.05) is 6.92 Å². The number of aryl methyl sites for hydroxylation is 1. The van der Waals surface area contributed by atoms with Gasteiger partial charge in [0.2, 0.25) is 0 Å². The molecule has 6 nitrogen and oxygen atoms in total. The van der Waals surface area contributed by atoms with Gasteiger partial charge >= 0.3 is 0 Å². The highest BCUT2D eigenvalue weighted by molar-refractivity contribution is 5.62. The fourth-order valence-electron chi connectivity index (χ4n) is 1.07. The summed E-state index contributed by atoms with van der Waals surface area (Å²) in [7, 11) is 0. The fraction of sp³-hybridized carbons (Fsp3) is 0.300. The topological polar surface area (TPSA) is 114 Å². The Bertz CT molecular complexity index is 490. The molecule has 0 aromatic carbocycles. The Morgan fingerprint density at radius 2 is 2.31 bits per heavy atom. The molecule has 0 radical (unpaired) electrons. The van der Waals surface area contributed by atoms with Gasteiger partial charge in [-0.05, 0) is 18.5 Å². The van der Waals surface area contributed by atoms with Crippen molar-refractivity contribution < 1.29 is 0 Å². The van der Waals surface area contributed by atoms with Crippen molar-refractivity contribution in [2.75, 3.05) is 18.0 Å². The van der Waals surface area contributed by atoms with E-state index in [4.69, 9.17) is 17.0 Å². The van der Waals surface area contributed by atoms with Crippen molar-refractivity contribution >= 4 is 11.5 Å². The van der Waals surface area contributed by atoms with Gasteiger partial charge in [0.05, 0.1) is 11.4 Å². The molecule has 82 valence electrons. The quantitative estimate of drug-likeness (QED) is 0.257. The molecule has 0 saturated carbocycles. The average Bonchev–Trinajstić information content (AvgIpc) is 2.25. The van der Waals surface area contributed by atoms with E-state index in [2.05, 4.69) is 26.9 Å². The molecule has 0 aliphatic rings. The Morgan fingerprint density at radius 3 is 3.00 bits per heavy atom. The molecule has 0 atom stereocenters. The van der Waals surface area contributed by atoms with Crippen LogP contribution >= 0.6 is 0 Å². The fourth-order valence-corrected chi connectivity index (χ4v) is 1.07. The minimum Gasteiger partial charge on any atom is -0.396 e. The van der Waals surface area contributed by atoms with Crippen molar-refractivity contribution in [1.82, 2.24) is 4.98 Å². The van der Waals surface area contributed by atoms with Crippen molar-refractivity contribution in [3.05, 3.63) is 27.8 Å². The van der Waals surface area contributed by atoms with Crippen LogP contribution in [0.2, 0.25) is 0 Å². The molecule has 0 saturated heterocycles. The van der Waals surface area contributed by atoms with E-state index in [1.165, 1.54) is 0 Å². The number of aromatic nitrogens is 1. The molecular formula is C10H12N6.